The molecule has 36 heavy (non-hydrogen) atoms. The van der Waals surface area contributed by atoms with Crippen LogP contribution in [0.2, 0.25) is 0 Å². The van der Waals surface area contributed by atoms with Gasteiger partial charge < -0.3 is 19.7 Å². The summed E-state index contributed by atoms with van der Waals surface area (Å²) in [4.78, 5) is 15.1. The molecule has 0 spiro atoms. The number of aliphatic hydroxyl groups is 1. The van der Waals surface area contributed by atoms with E-state index in [4.69, 9.17) is 32.8 Å². The average molecular weight is 573 g/mol. The highest BCUT2D eigenvalue weighted by Crippen LogP contribution is 2.55. The lowest BCUT2D eigenvalue weighted by molar-refractivity contribution is -0.396. The van der Waals surface area contributed by atoms with Crippen molar-refractivity contribution >= 4 is 42.9 Å². The van der Waals surface area contributed by atoms with E-state index < -0.39 is 12.6 Å². The first-order valence-corrected chi connectivity index (χ1v) is 15.2. The van der Waals surface area contributed by atoms with E-state index in [1.54, 1.807) is 22.3 Å². The summed E-state index contributed by atoms with van der Waals surface area (Å²) >= 11 is 12.0. The van der Waals surface area contributed by atoms with Crippen LogP contribution in [-0.4, -0.2) is 73.5 Å². The topological polar surface area (TPSA) is 114 Å². The predicted molar refractivity (Wildman–Crippen MR) is 149 cm³/mol. The van der Waals surface area contributed by atoms with Gasteiger partial charge in [-0.05, 0) is 43.6 Å². The quantitative estimate of drug-likeness (QED) is 0.0716. The molecular formula is C23H44Cl2N5O5P. The second-order valence-electron chi connectivity index (χ2n) is 8.00. The number of nitro groups is 1. The maximum Gasteiger partial charge on any atom is 0.438 e. The van der Waals surface area contributed by atoms with E-state index in [0.29, 0.717) is 26.2 Å². The van der Waals surface area contributed by atoms with Crippen LogP contribution < -0.4 is 4.52 Å². The Hall–Kier alpha value is -1.16. The Kier molecular flexibility index (Phi) is 19.2. The lowest BCUT2D eigenvalue weighted by Crippen LogP contribution is -2.37. The molecule has 0 aromatic carbocycles. The van der Waals surface area contributed by atoms with Crippen LogP contribution in [0.3, 0.4) is 0 Å². The highest BCUT2D eigenvalue weighted by atomic mass is 35.5. The third-order valence-corrected chi connectivity index (χ3v) is 8.01. The van der Waals surface area contributed by atoms with Crippen LogP contribution in [0.15, 0.2) is 6.08 Å². The molecule has 1 rings (SSSR count). The number of alkyl halides is 2. The molecule has 210 valence electrons. The van der Waals surface area contributed by atoms with Gasteiger partial charge in [-0.2, -0.15) is 4.57 Å². The minimum absolute atomic E-state index is 0.100. The molecule has 10 nitrogen and oxygen atoms in total. The van der Waals surface area contributed by atoms with Gasteiger partial charge in [0.05, 0.1) is 7.05 Å². The lowest BCUT2D eigenvalue weighted by atomic mass is 10.2. The van der Waals surface area contributed by atoms with Crippen LogP contribution >= 0.6 is 30.9 Å². The van der Waals surface area contributed by atoms with Crippen LogP contribution in [0.5, 0.6) is 5.88 Å². The summed E-state index contributed by atoms with van der Waals surface area (Å²) in [6.07, 6.45) is 9.18. The molecule has 0 saturated carbocycles. The van der Waals surface area contributed by atoms with E-state index in [0.717, 1.165) is 38.5 Å². The molecule has 1 atom stereocenters. The van der Waals surface area contributed by atoms with Crippen molar-refractivity contribution in [1.82, 2.24) is 18.9 Å². The fourth-order valence-corrected chi connectivity index (χ4v) is 6.71. The first-order chi connectivity index (χ1) is 17.2. The molecule has 0 aliphatic rings. The van der Waals surface area contributed by atoms with Crippen LogP contribution in [-0.2, 0) is 11.6 Å². The van der Waals surface area contributed by atoms with Crippen molar-refractivity contribution in [1.29, 1.82) is 0 Å². The molecular weight excluding hydrogens is 528 g/mol. The van der Waals surface area contributed by atoms with Crippen molar-refractivity contribution in [3.05, 3.63) is 21.9 Å². The average Bonchev–Trinajstić information content (AvgIpc) is 3.14. The SMILES string of the molecule is CCCCC/C=C/c1nc([N+](=O)[O-])n(C)c1OP(=O)(N(CCC)CCC)N(CCCl)CCCl.CCO. The second kappa shape index (κ2) is 19.9. The van der Waals surface area contributed by atoms with E-state index in [-0.39, 0.29) is 35.9 Å². The molecule has 0 amide bonds. The Bertz CT molecular complexity index is 793. The molecule has 1 heterocycles. The highest BCUT2D eigenvalue weighted by Gasteiger charge is 2.42. The number of unbranched alkanes of at least 4 members (excludes halogenated alkanes) is 3. The Morgan fingerprint density at radius 3 is 2.03 bits per heavy atom. The minimum Gasteiger partial charge on any atom is -0.397 e. The van der Waals surface area contributed by atoms with Crippen molar-refractivity contribution in [2.45, 2.75) is 66.2 Å². The molecule has 1 aromatic heterocycles. The van der Waals surface area contributed by atoms with Gasteiger partial charge >= 0.3 is 19.5 Å². The second-order valence-corrected chi connectivity index (χ2v) is 11.1. The molecule has 13 heteroatoms. The van der Waals surface area contributed by atoms with Gasteiger partial charge in [0.2, 0.25) is 5.69 Å². The maximum atomic E-state index is 14.5. The predicted octanol–water partition coefficient (Wildman–Crippen LogP) is 6.31. The molecule has 0 aliphatic heterocycles. The Balaban J connectivity index is 0.00000387. The summed E-state index contributed by atoms with van der Waals surface area (Å²) in [5.41, 5.74) is 0.283. The first kappa shape index (κ1) is 34.8. The number of imidazole rings is 1. The Labute approximate surface area is 226 Å². The largest absolute Gasteiger partial charge is 0.438 e. The van der Waals surface area contributed by atoms with Crippen molar-refractivity contribution in [2.75, 3.05) is 44.5 Å². The van der Waals surface area contributed by atoms with Gasteiger partial charge in [0, 0.05) is 44.5 Å². The van der Waals surface area contributed by atoms with Gasteiger partial charge in [-0.25, -0.2) is 13.9 Å². The number of hydrogen-bond donors (Lipinski definition) is 1. The van der Waals surface area contributed by atoms with Crippen molar-refractivity contribution < 1.29 is 19.1 Å². The zero-order valence-electron chi connectivity index (χ0n) is 22.4. The van der Waals surface area contributed by atoms with Crippen molar-refractivity contribution in [3.63, 3.8) is 0 Å². The van der Waals surface area contributed by atoms with Crippen LogP contribution in [0.25, 0.3) is 6.08 Å². The summed E-state index contributed by atoms with van der Waals surface area (Å²) < 4.78 is 25.5. The summed E-state index contributed by atoms with van der Waals surface area (Å²) in [7, 11) is -2.17. The molecule has 1 unspecified atom stereocenters. The van der Waals surface area contributed by atoms with Crippen molar-refractivity contribution in [2.24, 2.45) is 7.05 Å². The highest BCUT2D eigenvalue weighted by molar-refractivity contribution is 7.54. The number of hydrogen-bond acceptors (Lipinski definition) is 6. The summed E-state index contributed by atoms with van der Waals surface area (Å²) in [5.74, 6) is 0.213. The number of aromatic nitrogens is 2. The van der Waals surface area contributed by atoms with Gasteiger partial charge in [-0.1, -0.05) is 44.7 Å². The number of allylic oxidation sites excluding steroid dienone is 1. The molecule has 0 bridgehead atoms. The maximum absolute atomic E-state index is 14.5. The monoisotopic (exact) mass is 571 g/mol. The number of rotatable bonds is 18. The van der Waals surface area contributed by atoms with Crippen LogP contribution in [0, 0.1) is 10.1 Å². The van der Waals surface area contributed by atoms with Crippen LogP contribution in [0.1, 0.15) is 71.9 Å². The Morgan fingerprint density at radius 1 is 1.06 bits per heavy atom. The summed E-state index contributed by atoms with van der Waals surface area (Å²) in [5, 5.41) is 19.1. The first-order valence-electron chi connectivity index (χ1n) is 12.6. The van der Waals surface area contributed by atoms with E-state index in [1.807, 2.05) is 19.9 Å². The van der Waals surface area contributed by atoms with Gasteiger partial charge in [0.15, 0.2) is 0 Å². The zero-order valence-corrected chi connectivity index (χ0v) is 24.8. The molecule has 1 aromatic rings. The fraction of sp³-hybridized carbons (Fsp3) is 0.783. The molecule has 1 N–H and O–H groups in total. The van der Waals surface area contributed by atoms with E-state index in [2.05, 4.69) is 11.9 Å². The minimum atomic E-state index is -3.67. The summed E-state index contributed by atoms with van der Waals surface area (Å²) in [6, 6.07) is 0. The van der Waals surface area contributed by atoms with E-state index in [1.165, 1.54) is 11.6 Å². The van der Waals surface area contributed by atoms with Gasteiger partial charge in [-0.15, -0.1) is 23.2 Å². The lowest BCUT2D eigenvalue weighted by Gasteiger charge is -2.37. The smallest absolute Gasteiger partial charge is 0.397 e. The van der Waals surface area contributed by atoms with Gasteiger partial charge in [0.25, 0.3) is 0 Å². The van der Waals surface area contributed by atoms with E-state index >= 15 is 0 Å². The molecule has 0 radical (unpaired) electrons. The third-order valence-electron chi connectivity index (χ3n) is 5.03. The number of aliphatic hydroxyl groups excluding tert-OH is 1. The molecule has 0 fully saturated rings. The molecule has 0 saturated heterocycles. The van der Waals surface area contributed by atoms with E-state index in [9.17, 15) is 14.7 Å². The van der Waals surface area contributed by atoms with Gasteiger partial charge in [-0.3, -0.25) is 0 Å². The number of nitrogens with zero attached hydrogens (tertiary/aromatic N) is 5. The Morgan fingerprint density at radius 2 is 1.58 bits per heavy atom. The van der Waals surface area contributed by atoms with Crippen LogP contribution in [0.4, 0.5) is 5.95 Å². The molecule has 0 aliphatic carbocycles. The summed E-state index contributed by atoms with van der Waals surface area (Å²) in [6.45, 7) is 9.73. The third kappa shape index (κ3) is 11.1. The standard InChI is InChI=1S/C21H38Cl2N5O4P.C2H6O/c1-5-8-9-10-11-12-19-20(25(4)21(24-19)28(29)30)32-33(31,26(15-6-2)16-7-3)27(17-13-22)18-14-23;1-2-3/h11-12H,5-10,13-18H2,1-4H3;3H,2H2,1H3/b12-11+;. The normalized spacial score (nSPS) is 13.2. The van der Waals surface area contributed by atoms with Crippen molar-refractivity contribution in [3.8, 4) is 5.88 Å². The fourth-order valence-electron chi connectivity index (χ4n) is 3.43. The zero-order chi connectivity index (χ0) is 27.6. The van der Waals surface area contributed by atoms with Gasteiger partial charge in [0.1, 0.15) is 0 Å². The number of halogens is 2.